The molecule has 0 aliphatic carbocycles. The lowest BCUT2D eigenvalue weighted by Crippen LogP contribution is -2.30. The van der Waals surface area contributed by atoms with Gasteiger partial charge in [-0.1, -0.05) is 311 Å². The van der Waals surface area contributed by atoms with E-state index in [-0.39, 0.29) is 31.1 Å². The van der Waals surface area contributed by atoms with Crippen LogP contribution in [0.2, 0.25) is 0 Å². The highest BCUT2D eigenvalue weighted by molar-refractivity contribution is 5.71. The van der Waals surface area contributed by atoms with Crippen LogP contribution in [-0.2, 0) is 28.6 Å². The zero-order valence-electron chi connectivity index (χ0n) is 55.2. The molecule has 0 aromatic rings. The summed E-state index contributed by atoms with van der Waals surface area (Å²) in [5.41, 5.74) is 0. The predicted molar refractivity (Wildman–Crippen MR) is 362 cm³/mol. The lowest BCUT2D eigenvalue weighted by molar-refractivity contribution is -0.167. The molecule has 0 saturated heterocycles. The van der Waals surface area contributed by atoms with Gasteiger partial charge in [0.05, 0.1) is 0 Å². The quantitative estimate of drug-likeness (QED) is 0.0261. The average Bonchev–Trinajstić information content (AvgIpc) is 3.49. The molecule has 0 heterocycles. The van der Waals surface area contributed by atoms with E-state index in [0.29, 0.717) is 19.3 Å². The van der Waals surface area contributed by atoms with Gasteiger partial charge in [-0.05, 0) is 122 Å². The number of unbranched alkanes of at least 4 members (excludes halogenated alkanes) is 41. The lowest BCUT2D eigenvalue weighted by Gasteiger charge is -2.18. The van der Waals surface area contributed by atoms with Gasteiger partial charge in [0.1, 0.15) is 13.2 Å². The van der Waals surface area contributed by atoms with Crippen LogP contribution >= 0.6 is 0 Å². The second kappa shape index (κ2) is 71.1. The van der Waals surface area contributed by atoms with E-state index >= 15 is 0 Å². The fourth-order valence-electron chi connectivity index (χ4n) is 10.4. The van der Waals surface area contributed by atoms with E-state index in [4.69, 9.17) is 14.2 Å². The van der Waals surface area contributed by atoms with Crippen molar-refractivity contribution < 1.29 is 28.6 Å². The smallest absolute Gasteiger partial charge is 0.306 e. The molecule has 0 rings (SSSR count). The molecular weight excluding hydrogens is 1020 g/mol. The van der Waals surface area contributed by atoms with Crippen molar-refractivity contribution in [2.45, 2.75) is 374 Å². The molecule has 0 N–H and O–H groups in total. The molecule has 83 heavy (non-hydrogen) atoms. The van der Waals surface area contributed by atoms with E-state index in [2.05, 4.69) is 106 Å². The summed E-state index contributed by atoms with van der Waals surface area (Å²) in [7, 11) is 0. The Morgan fingerprint density at radius 2 is 0.434 bits per heavy atom. The highest BCUT2D eigenvalue weighted by Crippen LogP contribution is 2.17. The Labute approximate surface area is 515 Å². The molecule has 0 aliphatic rings. The Balaban J connectivity index is 4.25. The fraction of sp³-hybridized carbons (Fsp3) is 0.779. The number of ether oxygens (including phenoxy) is 3. The third-order valence-electron chi connectivity index (χ3n) is 15.8. The highest BCUT2D eigenvalue weighted by Gasteiger charge is 2.19. The van der Waals surface area contributed by atoms with Gasteiger partial charge in [0, 0.05) is 19.3 Å². The lowest BCUT2D eigenvalue weighted by atomic mass is 10.0. The summed E-state index contributed by atoms with van der Waals surface area (Å²) >= 11 is 0. The molecule has 0 aliphatic heterocycles. The maximum atomic E-state index is 12.9. The van der Waals surface area contributed by atoms with E-state index in [1.165, 1.54) is 218 Å². The molecule has 0 bridgehead atoms. The van der Waals surface area contributed by atoms with Gasteiger partial charge in [0.15, 0.2) is 6.10 Å². The van der Waals surface area contributed by atoms with Crippen molar-refractivity contribution in [2.75, 3.05) is 13.2 Å². The number of rotatable bonds is 66. The Hall–Kier alpha value is -3.41. The van der Waals surface area contributed by atoms with Gasteiger partial charge in [0.2, 0.25) is 0 Å². The Kier molecular flexibility index (Phi) is 68.2. The van der Waals surface area contributed by atoms with Crippen LogP contribution in [0.5, 0.6) is 0 Å². The summed E-state index contributed by atoms with van der Waals surface area (Å²) in [6.45, 7) is 6.60. The summed E-state index contributed by atoms with van der Waals surface area (Å²) < 4.78 is 17.0. The molecule has 0 radical (unpaired) electrons. The minimum atomic E-state index is -0.791. The minimum Gasteiger partial charge on any atom is -0.462 e. The first kappa shape index (κ1) is 79.6. The van der Waals surface area contributed by atoms with Crippen LogP contribution in [0.25, 0.3) is 0 Å². The van der Waals surface area contributed by atoms with Crippen molar-refractivity contribution in [2.24, 2.45) is 0 Å². The third-order valence-corrected chi connectivity index (χ3v) is 15.8. The van der Waals surface area contributed by atoms with Crippen molar-refractivity contribution in [3.63, 3.8) is 0 Å². The Morgan fingerprint density at radius 3 is 0.699 bits per heavy atom. The number of allylic oxidation sites excluding steroid dienone is 14. The van der Waals surface area contributed by atoms with Gasteiger partial charge >= 0.3 is 17.9 Å². The molecule has 0 amide bonds. The van der Waals surface area contributed by atoms with Crippen molar-refractivity contribution in [3.05, 3.63) is 85.1 Å². The number of carbonyl (C=O) groups is 3. The van der Waals surface area contributed by atoms with Crippen LogP contribution in [0, 0.1) is 0 Å². The predicted octanol–water partition coefficient (Wildman–Crippen LogP) is 25.0. The number of esters is 3. The van der Waals surface area contributed by atoms with Crippen molar-refractivity contribution in [1.29, 1.82) is 0 Å². The van der Waals surface area contributed by atoms with Crippen LogP contribution in [-0.4, -0.2) is 37.2 Å². The van der Waals surface area contributed by atoms with Crippen LogP contribution in [0.1, 0.15) is 367 Å². The standard InChI is InChI=1S/C77H136O6/c1-4-7-10-13-16-19-22-25-28-30-32-33-34-35-36-37-38-39-40-41-42-43-45-46-49-52-55-58-61-64-67-70-76(79)82-73-74(72-81-75(78)69-66-63-60-57-54-51-48-27-24-21-18-15-12-9-6-3)83-77(80)71-68-65-62-59-56-53-50-47-44-31-29-26-23-20-17-14-11-8-5-2/h17-18,20-22,25-27,29-30,32,44,47-48,74H,4-16,19,23-24,28,31,33-43,45-46,49-73H2,1-3H3/b20-17-,21-18-,25-22-,29-26-,32-30-,47-44-,48-27-. The molecule has 480 valence electrons. The first-order valence-electron chi connectivity index (χ1n) is 36.1. The summed E-state index contributed by atoms with van der Waals surface area (Å²) in [5, 5.41) is 0. The zero-order valence-corrected chi connectivity index (χ0v) is 55.2. The fourth-order valence-corrected chi connectivity index (χ4v) is 10.4. The second-order valence-corrected chi connectivity index (χ2v) is 24.1. The van der Waals surface area contributed by atoms with Crippen molar-refractivity contribution in [3.8, 4) is 0 Å². The SMILES string of the molecule is CCCCC/C=C\C/C=C\C/C=C\CCCCCCCCC(=O)OC(COC(=O)CCCCCCC/C=C\C/C=C\CCCCC)COC(=O)CCCCCCCCCCCCCCCCCCCCC/C=C\C/C=C\CCCCCCC. The van der Waals surface area contributed by atoms with Crippen LogP contribution in [0.15, 0.2) is 85.1 Å². The van der Waals surface area contributed by atoms with E-state index in [0.717, 1.165) is 109 Å². The van der Waals surface area contributed by atoms with E-state index in [1.54, 1.807) is 0 Å². The largest absolute Gasteiger partial charge is 0.462 e. The first-order valence-corrected chi connectivity index (χ1v) is 36.1. The number of hydrogen-bond acceptors (Lipinski definition) is 6. The summed E-state index contributed by atoms with van der Waals surface area (Å²) in [5.74, 6) is -0.893. The normalized spacial score (nSPS) is 12.6. The van der Waals surface area contributed by atoms with Gasteiger partial charge in [-0.3, -0.25) is 14.4 Å². The van der Waals surface area contributed by atoms with E-state index in [9.17, 15) is 14.4 Å². The molecule has 0 saturated carbocycles. The molecule has 6 heteroatoms. The molecule has 0 aromatic heterocycles. The molecule has 0 spiro atoms. The van der Waals surface area contributed by atoms with Gasteiger partial charge < -0.3 is 14.2 Å². The Morgan fingerprint density at radius 1 is 0.241 bits per heavy atom. The maximum Gasteiger partial charge on any atom is 0.306 e. The minimum absolute atomic E-state index is 0.0837. The van der Waals surface area contributed by atoms with Gasteiger partial charge in [0.25, 0.3) is 0 Å². The third kappa shape index (κ3) is 69.3. The van der Waals surface area contributed by atoms with E-state index in [1.807, 2.05) is 0 Å². The molecule has 1 unspecified atom stereocenters. The summed E-state index contributed by atoms with van der Waals surface area (Å²) in [6, 6.07) is 0. The molecule has 6 nitrogen and oxygen atoms in total. The zero-order chi connectivity index (χ0) is 59.9. The molecular formula is C77H136O6. The van der Waals surface area contributed by atoms with Crippen molar-refractivity contribution in [1.82, 2.24) is 0 Å². The molecule has 0 aromatic carbocycles. The number of hydrogen-bond donors (Lipinski definition) is 0. The first-order chi connectivity index (χ1) is 41.0. The van der Waals surface area contributed by atoms with Gasteiger partial charge in [-0.15, -0.1) is 0 Å². The van der Waals surface area contributed by atoms with Gasteiger partial charge in [-0.2, -0.15) is 0 Å². The second-order valence-electron chi connectivity index (χ2n) is 24.1. The Bertz CT molecular complexity index is 1570. The van der Waals surface area contributed by atoms with E-state index < -0.39 is 6.10 Å². The summed E-state index contributed by atoms with van der Waals surface area (Å²) in [6.07, 6.45) is 94.7. The average molecular weight is 1160 g/mol. The highest BCUT2D eigenvalue weighted by atomic mass is 16.6. The summed E-state index contributed by atoms with van der Waals surface area (Å²) in [4.78, 5) is 38.4. The molecule has 1 atom stereocenters. The monoisotopic (exact) mass is 1160 g/mol. The van der Waals surface area contributed by atoms with Gasteiger partial charge in [-0.25, -0.2) is 0 Å². The maximum absolute atomic E-state index is 12.9. The van der Waals surface area contributed by atoms with Crippen LogP contribution in [0.3, 0.4) is 0 Å². The van der Waals surface area contributed by atoms with Crippen LogP contribution < -0.4 is 0 Å². The molecule has 0 fully saturated rings. The van der Waals surface area contributed by atoms with Crippen molar-refractivity contribution >= 4 is 17.9 Å². The number of carbonyl (C=O) groups excluding carboxylic acids is 3. The van der Waals surface area contributed by atoms with Crippen LogP contribution in [0.4, 0.5) is 0 Å². The topological polar surface area (TPSA) is 78.9 Å².